The van der Waals surface area contributed by atoms with Crippen LogP contribution in [0, 0.1) is 5.82 Å². The molecule has 1 heterocycles. The average molecular weight is 355 g/mol. The van der Waals surface area contributed by atoms with Gasteiger partial charge in [-0.1, -0.05) is 48.5 Å². The molecule has 1 unspecified atom stereocenters. The lowest BCUT2D eigenvalue weighted by Crippen LogP contribution is -2.55. The first kappa shape index (κ1) is 18.1. The molecule has 1 aliphatic rings. The zero-order chi connectivity index (χ0) is 18.4. The Morgan fingerprint density at radius 3 is 2.65 bits per heavy atom. The van der Waals surface area contributed by atoms with Crippen LogP contribution in [-0.4, -0.2) is 35.8 Å². The molecule has 1 atom stereocenters. The Morgan fingerprint density at radius 2 is 1.88 bits per heavy atom. The lowest BCUT2D eigenvalue weighted by Gasteiger charge is -2.33. The number of rotatable bonds is 6. The maximum atomic E-state index is 13.8. The van der Waals surface area contributed by atoms with Gasteiger partial charge in [-0.3, -0.25) is 9.59 Å². The Bertz CT molecular complexity index is 767. The lowest BCUT2D eigenvalue weighted by molar-refractivity contribution is -0.138. The van der Waals surface area contributed by atoms with Crippen molar-refractivity contribution in [1.29, 1.82) is 0 Å². The molecule has 2 amide bonds. The van der Waals surface area contributed by atoms with Crippen molar-refractivity contribution >= 4 is 11.8 Å². The summed E-state index contributed by atoms with van der Waals surface area (Å²) in [6.07, 6.45) is 0.0689. The predicted molar refractivity (Wildman–Crippen MR) is 96.5 cm³/mol. The van der Waals surface area contributed by atoms with Gasteiger partial charge in [0.25, 0.3) is 0 Å². The largest absolute Gasteiger partial charge is 0.352 e. The molecule has 6 heteroatoms. The van der Waals surface area contributed by atoms with Crippen molar-refractivity contribution in [2.45, 2.75) is 25.6 Å². The normalized spacial score (nSPS) is 17.2. The Hall–Kier alpha value is -2.73. The van der Waals surface area contributed by atoms with Crippen molar-refractivity contribution < 1.29 is 14.0 Å². The third-order valence-corrected chi connectivity index (χ3v) is 4.42. The first-order chi connectivity index (χ1) is 12.6. The van der Waals surface area contributed by atoms with Crippen LogP contribution in [0.5, 0.6) is 0 Å². The number of hydrogen-bond donors (Lipinski definition) is 2. The molecule has 2 aromatic rings. The summed E-state index contributed by atoms with van der Waals surface area (Å²) in [5.74, 6) is -0.683. The molecule has 0 radical (unpaired) electrons. The molecule has 0 saturated carbocycles. The van der Waals surface area contributed by atoms with Crippen LogP contribution in [0.25, 0.3) is 0 Å². The van der Waals surface area contributed by atoms with Crippen molar-refractivity contribution in [3.63, 3.8) is 0 Å². The minimum atomic E-state index is -0.578. The van der Waals surface area contributed by atoms with Crippen molar-refractivity contribution in [1.82, 2.24) is 15.5 Å². The van der Waals surface area contributed by atoms with Crippen molar-refractivity contribution in [2.75, 3.05) is 13.1 Å². The number of nitrogens with one attached hydrogen (secondary N) is 2. The molecule has 1 aliphatic heterocycles. The highest BCUT2D eigenvalue weighted by Crippen LogP contribution is 2.13. The molecular weight excluding hydrogens is 333 g/mol. The van der Waals surface area contributed by atoms with Crippen LogP contribution in [-0.2, 0) is 22.7 Å². The van der Waals surface area contributed by atoms with E-state index >= 15 is 0 Å². The van der Waals surface area contributed by atoms with Gasteiger partial charge in [-0.05, 0) is 11.6 Å². The minimum Gasteiger partial charge on any atom is -0.352 e. The van der Waals surface area contributed by atoms with Gasteiger partial charge in [-0.25, -0.2) is 4.39 Å². The van der Waals surface area contributed by atoms with E-state index in [1.54, 1.807) is 23.1 Å². The smallest absolute Gasteiger partial charge is 0.240 e. The van der Waals surface area contributed by atoms with E-state index < -0.39 is 6.04 Å². The fraction of sp³-hybridized carbons (Fsp3) is 0.300. The van der Waals surface area contributed by atoms with Crippen LogP contribution in [0.2, 0.25) is 0 Å². The highest BCUT2D eigenvalue weighted by atomic mass is 19.1. The van der Waals surface area contributed by atoms with Gasteiger partial charge >= 0.3 is 0 Å². The highest BCUT2D eigenvalue weighted by Gasteiger charge is 2.30. The van der Waals surface area contributed by atoms with Gasteiger partial charge in [0.1, 0.15) is 5.82 Å². The van der Waals surface area contributed by atoms with Gasteiger partial charge in [0.05, 0.1) is 12.5 Å². The molecule has 2 aromatic carbocycles. The van der Waals surface area contributed by atoms with Gasteiger partial charge in [-0.15, -0.1) is 0 Å². The molecule has 2 N–H and O–H groups in total. The summed E-state index contributed by atoms with van der Waals surface area (Å²) in [5, 5.41) is 5.91. The van der Waals surface area contributed by atoms with Crippen LogP contribution in [0.1, 0.15) is 17.5 Å². The fourth-order valence-electron chi connectivity index (χ4n) is 2.99. The Balaban J connectivity index is 1.54. The summed E-state index contributed by atoms with van der Waals surface area (Å²) in [6.45, 7) is 1.72. The molecule has 0 bridgehead atoms. The maximum absolute atomic E-state index is 13.8. The summed E-state index contributed by atoms with van der Waals surface area (Å²) in [5.41, 5.74) is 1.49. The van der Waals surface area contributed by atoms with Gasteiger partial charge in [0.15, 0.2) is 0 Å². The number of carbonyl (C=O) groups is 2. The second-order valence-corrected chi connectivity index (χ2v) is 6.32. The molecule has 5 nitrogen and oxygen atoms in total. The van der Waals surface area contributed by atoms with Crippen molar-refractivity contribution in [3.05, 3.63) is 71.5 Å². The van der Waals surface area contributed by atoms with E-state index in [0.29, 0.717) is 25.2 Å². The first-order valence-corrected chi connectivity index (χ1v) is 8.69. The zero-order valence-corrected chi connectivity index (χ0v) is 14.5. The fourth-order valence-corrected chi connectivity index (χ4v) is 2.99. The number of halogens is 1. The Morgan fingerprint density at radius 1 is 1.15 bits per heavy atom. The number of carbonyl (C=O) groups excluding carboxylic acids is 2. The van der Waals surface area contributed by atoms with Crippen LogP contribution >= 0.6 is 0 Å². The second-order valence-electron chi connectivity index (χ2n) is 6.32. The number of piperazine rings is 1. The van der Waals surface area contributed by atoms with E-state index in [-0.39, 0.29) is 30.6 Å². The zero-order valence-electron chi connectivity index (χ0n) is 14.5. The molecule has 3 rings (SSSR count). The third-order valence-electron chi connectivity index (χ3n) is 4.42. The standard InChI is InChI=1S/C20H22FN3O2/c21-17-9-5-4-8-16(17)14-24-11-10-22-18(20(24)26)12-19(25)23-13-15-6-2-1-3-7-15/h1-9,18,22H,10-14H2,(H,23,25). The Labute approximate surface area is 152 Å². The molecule has 1 fully saturated rings. The van der Waals surface area contributed by atoms with E-state index in [1.807, 2.05) is 30.3 Å². The molecule has 26 heavy (non-hydrogen) atoms. The Kier molecular flexibility index (Phi) is 5.96. The summed E-state index contributed by atoms with van der Waals surface area (Å²) < 4.78 is 13.8. The van der Waals surface area contributed by atoms with Crippen LogP contribution in [0.4, 0.5) is 4.39 Å². The monoisotopic (exact) mass is 355 g/mol. The van der Waals surface area contributed by atoms with Crippen LogP contribution in [0.3, 0.4) is 0 Å². The number of hydrogen-bond acceptors (Lipinski definition) is 3. The van der Waals surface area contributed by atoms with Crippen molar-refractivity contribution in [3.8, 4) is 0 Å². The number of amides is 2. The predicted octanol–water partition coefficient (Wildman–Crippen LogP) is 1.83. The molecule has 1 saturated heterocycles. The van der Waals surface area contributed by atoms with Crippen LogP contribution < -0.4 is 10.6 Å². The first-order valence-electron chi connectivity index (χ1n) is 8.69. The quantitative estimate of drug-likeness (QED) is 0.831. The molecular formula is C20H22FN3O2. The molecule has 0 aliphatic carbocycles. The third kappa shape index (κ3) is 4.67. The van der Waals surface area contributed by atoms with Crippen molar-refractivity contribution in [2.24, 2.45) is 0 Å². The maximum Gasteiger partial charge on any atom is 0.240 e. The lowest BCUT2D eigenvalue weighted by atomic mass is 10.1. The minimum absolute atomic E-state index is 0.0689. The molecule has 0 aromatic heterocycles. The average Bonchev–Trinajstić information content (AvgIpc) is 2.66. The summed E-state index contributed by atoms with van der Waals surface area (Å²) in [4.78, 5) is 26.4. The summed E-state index contributed by atoms with van der Waals surface area (Å²) >= 11 is 0. The van der Waals surface area contributed by atoms with Crippen LogP contribution in [0.15, 0.2) is 54.6 Å². The summed E-state index contributed by atoms with van der Waals surface area (Å²) in [6, 6.07) is 15.5. The van der Waals surface area contributed by atoms with Gasteiger partial charge in [0.2, 0.25) is 11.8 Å². The SMILES string of the molecule is O=C(CC1NCCN(Cc2ccccc2F)C1=O)NCc1ccccc1. The topological polar surface area (TPSA) is 61.4 Å². The molecule has 0 spiro atoms. The van der Waals surface area contributed by atoms with E-state index in [0.717, 1.165) is 5.56 Å². The van der Waals surface area contributed by atoms with Gasteiger partial charge < -0.3 is 15.5 Å². The second kappa shape index (κ2) is 8.58. The number of benzene rings is 2. The summed E-state index contributed by atoms with van der Waals surface area (Å²) in [7, 11) is 0. The number of nitrogens with zero attached hydrogens (tertiary/aromatic N) is 1. The van der Waals surface area contributed by atoms with Gasteiger partial charge in [0, 0.05) is 31.7 Å². The molecule has 136 valence electrons. The van der Waals surface area contributed by atoms with E-state index in [1.165, 1.54) is 6.07 Å². The van der Waals surface area contributed by atoms with Gasteiger partial charge in [-0.2, -0.15) is 0 Å². The van der Waals surface area contributed by atoms with E-state index in [4.69, 9.17) is 0 Å². The highest BCUT2D eigenvalue weighted by molar-refractivity contribution is 5.88. The van der Waals surface area contributed by atoms with E-state index in [2.05, 4.69) is 10.6 Å². The van der Waals surface area contributed by atoms with E-state index in [9.17, 15) is 14.0 Å².